The first kappa shape index (κ1) is 27.4. The van der Waals surface area contributed by atoms with Crippen molar-refractivity contribution in [2.75, 3.05) is 33.4 Å². The van der Waals surface area contributed by atoms with E-state index in [1.807, 2.05) is 11.6 Å². The van der Waals surface area contributed by atoms with Crippen molar-refractivity contribution in [2.45, 2.75) is 18.2 Å². The maximum atomic E-state index is 12.5. The molecule has 0 spiro atoms. The zero-order valence-electron chi connectivity index (χ0n) is 19.2. The molecular weight excluding hydrogens is 480 g/mol. The molecule has 3 amide bonds. The molecule has 0 aliphatic carbocycles. The van der Waals surface area contributed by atoms with Gasteiger partial charge < -0.3 is 20.1 Å². The van der Waals surface area contributed by atoms with Crippen molar-refractivity contribution >= 4 is 33.7 Å². The van der Waals surface area contributed by atoms with Crippen LogP contribution in [0.3, 0.4) is 0 Å². The van der Waals surface area contributed by atoms with Crippen LogP contribution in [0.15, 0.2) is 47.5 Å². The quantitative estimate of drug-likeness (QED) is 0.270. The number of carbonyl (C=O) groups excluding carboxylic acids is 4. The van der Waals surface area contributed by atoms with E-state index >= 15 is 0 Å². The Labute approximate surface area is 202 Å². The standard InChI is InChI=1S/C22H26N4O8S/c1-3-11-34-19(27)14-25-22(30)18-9-6-16(13-24-18)21(29)26-35(31,32)17-7-4-15(5-8-17)20(28)23-10-12-33-2/h4-9,13H,3,10-12,14H2,1-2H3,(H,23,28)(H,25,30)(H,26,29). The fraction of sp³-hybridized carbons (Fsp3) is 0.318. The van der Waals surface area contributed by atoms with Crippen LogP contribution in [0.2, 0.25) is 0 Å². The summed E-state index contributed by atoms with van der Waals surface area (Å²) in [5.74, 6) is -2.62. The molecule has 3 N–H and O–H groups in total. The van der Waals surface area contributed by atoms with Gasteiger partial charge in [-0.2, -0.15) is 0 Å². The zero-order chi connectivity index (χ0) is 25.8. The second-order valence-corrected chi connectivity index (χ2v) is 8.73. The smallest absolute Gasteiger partial charge is 0.325 e. The Morgan fingerprint density at radius 1 is 0.886 bits per heavy atom. The highest BCUT2D eigenvalue weighted by Gasteiger charge is 2.20. The summed E-state index contributed by atoms with van der Waals surface area (Å²) in [5, 5.41) is 4.94. The third kappa shape index (κ3) is 8.46. The van der Waals surface area contributed by atoms with Gasteiger partial charge in [0.25, 0.3) is 27.7 Å². The van der Waals surface area contributed by atoms with Gasteiger partial charge in [0.2, 0.25) is 0 Å². The molecule has 0 saturated carbocycles. The largest absolute Gasteiger partial charge is 0.464 e. The van der Waals surface area contributed by atoms with Crippen LogP contribution >= 0.6 is 0 Å². The number of carbonyl (C=O) groups is 4. The maximum absolute atomic E-state index is 12.5. The van der Waals surface area contributed by atoms with E-state index < -0.39 is 33.7 Å². The van der Waals surface area contributed by atoms with Crippen LogP contribution in [0, 0.1) is 0 Å². The van der Waals surface area contributed by atoms with E-state index in [0.717, 1.165) is 6.20 Å². The van der Waals surface area contributed by atoms with Crippen molar-refractivity contribution in [3.8, 4) is 0 Å². The van der Waals surface area contributed by atoms with E-state index in [1.54, 1.807) is 0 Å². The van der Waals surface area contributed by atoms with Crippen LogP contribution in [-0.2, 0) is 24.3 Å². The fourth-order valence-electron chi connectivity index (χ4n) is 2.57. The molecule has 1 aromatic carbocycles. The van der Waals surface area contributed by atoms with Crippen molar-refractivity contribution in [1.29, 1.82) is 0 Å². The van der Waals surface area contributed by atoms with Crippen molar-refractivity contribution in [1.82, 2.24) is 20.3 Å². The molecule has 0 aliphatic heterocycles. The number of ether oxygens (including phenoxy) is 2. The number of hydrogen-bond donors (Lipinski definition) is 3. The summed E-state index contributed by atoms with van der Waals surface area (Å²) >= 11 is 0. The lowest BCUT2D eigenvalue weighted by atomic mass is 10.2. The van der Waals surface area contributed by atoms with Gasteiger partial charge in [-0.3, -0.25) is 24.2 Å². The highest BCUT2D eigenvalue weighted by Crippen LogP contribution is 2.12. The topological polar surface area (TPSA) is 170 Å². The van der Waals surface area contributed by atoms with Crippen LogP contribution in [0.1, 0.15) is 44.5 Å². The van der Waals surface area contributed by atoms with Gasteiger partial charge in [0, 0.05) is 25.4 Å². The lowest BCUT2D eigenvalue weighted by Gasteiger charge is -2.09. The molecule has 0 aliphatic rings. The Kier molecular flexibility index (Phi) is 10.3. The summed E-state index contributed by atoms with van der Waals surface area (Å²) < 4.78 is 36.6. The molecule has 13 heteroatoms. The van der Waals surface area contributed by atoms with Gasteiger partial charge in [-0.25, -0.2) is 13.1 Å². The molecule has 0 atom stereocenters. The van der Waals surface area contributed by atoms with E-state index in [1.165, 1.54) is 43.5 Å². The van der Waals surface area contributed by atoms with Gasteiger partial charge in [-0.15, -0.1) is 0 Å². The summed E-state index contributed by atoms with van der Waals surface area (Å²) in [6.07, 6.45) is 1.68. The number of amides is 3. The number of sulfonamides is 1. The van der Waals surface area contributed by atoms with Crippen LogP contribution in [-0.4, -0.2) is 70.5 Å². The Balaban J connectivity index is 1.97. The average Bonchev–Trinajstić information content (AvgIpc) is 2.86. The molecule has 1 aromatic heterocycles. The summed E-state index contributed by atoms with van der Waals surface area (Å²) in [6, 6.07) is 7.44. The van der Waals surface area contributed by atoms with E-state index in [4.69, 9.17) is 9.47 Å². The third-order valence-corrected chi connectivity index (χ3v) is 5.71. The zero-order valence-corrected chi connectivity index (χ0v) is 20.0. The minimum absolute atomic E-state index is 0.0768. The Morgan fingerprint density at radius 3 is 2.17 bits per heavy atom. The summed E-state index contributed by atoms with van der Waals surface area (Å²) in [7, 11) is -2.74. The first-order chi connectivity index (χ1) is 16.7. The molecule has 0 radical (unpaired) electrons. The summed E-state index contributed by atoms with van der Waals surface area (Å²) in [4.78, 5) is 51.5. The number of aromatic nitrogens is 1. The van der Waals surface area contributed by atoms with Crippen LogP contribution in [0.4, 0.5) is 0 Å². The monoisotopic (exact) mass is 506 g/mol. The predicted octanol–water partition coefficient (Wildman–Crippen LogP) is 0.260. The molecule has 12 nitrogen and oxygen atoms in total. The van der Waals surface area contributed by atoms with Gasteiger partial charge in [0.1, 0.15) is 12.2 Å². The number of benzene rings is 1. The number of methoxy groups -OCH3 is 1. The maximum Gasteiger partial charge on any atom is 0.325 e. The minimum atomic E-state index is -4.23. The molecule has 0 fully saturated rings. The summed E-state index contributed by atoms with van der Waals surface area (Å²) in [5.41, 5.74) is 0.0526. The first-order valence-corrected chi connectivity index (χ1v) is 12.0. The van der Waals surface area contributed by atoms with Crippen molar-refractivity contribution < 1.29 is 37.1 Å². The first-order valence-electron chi connectivity index (χ1n) is 10.5. The van der Waals surface area contributed by atoms with Gasteiger partial charge in [-0.05, 0) is 42.8 Å². The number of nitrogens with one attached hydrogen (secondary N) is 3. The number of nitrogens with zero attached hydrogens (tertiary/aromatic N) is 1. The van der Waals surface area contributed by atoms with Crippen molar-refractivity contribution in [2.24, 2.45) is 0 Å². The van der Waals surface area contributed by atoms with Crippen molar-refractivity contribution in [3.63, 3.8) is 0 Å². The highest BCUT2D eigenvalue weighted by molar-refractivity contribution is 7.90. The molecular formula is C22H26N4O8S. The van der Waals surface area contributed by atoms with E-state index in [0.29, 0.717) is 19.6 Å². The Hall–Kier alpha value is -3.84. The van der Waals surface area contributed by atoms with Crippen molar-refractivity contribution in [3.05, 3.63) is 59.4 Å². The molecule has 2 aromatic rings. The predicted molar refractivity (Wildman–Crippen MR) is 123 cm³/mol. The number of esters is 1. The molecule has 0 saturated heterocycles. The number of pyridine rings is 1. The van der Waals surface area contributed by atoms with Gasteiger partial charge >= 0.3 is 5.97 Å². The lowest BCUT2D eigenvalue weighted by Crippen LogP contribution is -2.32. The Bertz CT molecular complexity index is 1150. The van der Waals surface area contributed by atoms with Crippen LogP contribution in [0.5, 0.6) is 0 Å². The fourth-order valence-corrected chi connectivity index (χ4v) is 3.54. The second kappa shape index (κ2) is 13.2. The third-order valence-electron chi connectivity index (χ3n) is 4.36. The highest BCUT2D eigenvalue weighted by atomic mass is 32.2. The van der Waals surface area contributed by atoms with Gasteiger partial charge in [-0.1, -0.05) is 6.92 Å². The van der Waals surface area contributed by atoms with E-state index in [2.05, 4.69) is 15.6 Å². The van der Waals surface area contributed by atoms with E-state index in [-0.39, 0.29) is 34.9 Å². The molecule has 2 rings (SSSR count). The van der Waals surface area contributed by atoms with Gasteiger partial charge in [0.15, 0.2) is 0 Å². The molecule has 0 unspecified atom stereocenters. The number of hydrogen-bond acceptors (Lipinski definition) is 9. The molecule has 1 heterocycles. The molecule has 0 bridgehead atoms. The SMILES string of the molecule is CCCOC(=O)CNC(=O)c1ccc(C(=O)NS(=O)(=O)c2ccc(C(=O)NCCOC)cc2)cn1. The van der Waals surface area contributed by atoms with Crippen LogP contribution in [0.25, 0.3) is 0 Å². The van der Waals surface area contributed by atoms with E-state index in [9.17, 15) is 27.6 Å². The second-order valence-electron chi connectivity index (χ2n) is 7.04. The Morgan fingerprint density at radius 2 is 1.57 bits per heavy atom. The number of rotatable bonds is 12. The molecule has 35 heavy (non-hydrogen) atoms. The van der Waals surface area contributed by atoms with Gasteiger partial charge in [0.05, 0.1) is 23.7 Å². The minimum Gasteiger partial charge on any atom is -0.464 e. The average molecular weight is 507 g/mol. The lowest BCUT2D eigenvalue weighted by molar-refractivity contribution is -0.142. The summed E-state index contributed by atoms with van der Waals surface area (Å²) in [6.45, 7) is 2.37. The van der Waals surface area contributed by atoms with Crippen LogP contribution < -0.4 is 15.4 Å². The normalized spacial score (nSPS) is 10.8. The molecule has 188 valence electrons.